The summed E-state index contributed by atoms with van der Waals surface area (Å²) in [5.41, 5.74) is 10.6. The summed E-state index contributed by atoms with van der Waals surface area (Å²) in [5.74, 6) is -2.38. The van der Waals surface area contributed by atoms with Crippen molar-refractivity contribution < 1.29 is 30.0 Å². The third kappa shape index (κ3) is 46.4. The third-order valence-corrected chi connectivity index (χ3v) is 1.43. The largest absolute Gasteiger partial charge is 0.480 e. The van der Waals surface area contributed by atoms with E-state index in [-0.39, 0.29) is 0 Å². The van der Waals surface area contributed by atoms with E-state index in [0.717, 1.165) is 25.9 Å². The van der Waals surface area contributed by atoms with Crippen molar-refractivity contribution in [1.82, 2.24) is 0 Å². The minimum absolute atomic E-state index is 0.778. The highest BCUT2D eigenvalue weighted by Crippen LogP contribution is 1.95. The Balaban J connectivity index is -0.000000197. The van der Waals surface area contributed by atoms with E-state index in [2.05, 4.69) is 0 Å². The monoisotopic (exact) mass is 268 g/mol. The maximum Gasteiger partial charge on any atom is 0.329 e. The number of rotatable bonds is 7. The lowest BCUT2D eigenvalue weighted by molar-refractivity contribution is -0.141. The molecule has 0 atom stereocenters. The molecule has 8 nitrogen and oxygen atoms in total. The van der Waals surface area contributed by atoms with Crippen LogP contribution in [0.15, 0.2) is 0 Å². The molecule has 0 unspecified atom stereocenters. The Labute approximate surface area is 106 Å². The SMILES string of the molecule is NCCCCCCN.O=C(O)CO.O=C(O)CO. The summed E-state index contributed by atoms with van der Waals surface area (Å²) in [6.07, 6.45) is 4.79. The number of aliphatic hydroxyl groups is 2. The lowest BCUT2D eigenvalue weighted by atomic mass is 10.2. The van der Waals surface area contributed by atoms with E-state index in [1.807, 2.05) is 0 Å². The molecule has 0 bridgehead atoms. The second-order valence-electron chi connectivity index (χ2n) is 3.10. The normalized spacial score (nSPS) is 8.44. The smallest absolute Gasteiger partial charge is 0.329 e. The highest BCUT2D eigenvalue weighted by molar-refractivity contribution is 5.67. The first kappa shape index (κ1) is 22.0. The van der Waals surface area contributed by atoms with Gasteiger partial charge in [-0.05, 0) is 25.9 Å². The standard InChI is InChI=1S/C6H16N2.2C2H4O3/c7-5-3-1-2-4-6-8;2*3-1-2(4)5/h1-8H2;2*3H,1H2,(H,4,5). The summed E-state index contributed by atoms with van der Waals surface area (Å²) in [6.45, 7) is 0.0924. The van der Waals surface area contributed by atoms with Crippen LogP contribution in [0.25, 0.3) is 0 Å². The Hall–Kier alpha value is -1.22. The summed E-state index contributed by atoms with van der Waals surface area (Å²) in [4.78, 5) is 18.2. The molecule has 0 radical (unpaired) electrons. The van der Waals surface area contributed by atoms with E-state index in [0.29, 0.717) is 0 Å². The number of carbonyl (C=O) groups is 2. The Morgan fingerprint density at radius 1 is 0.722 bits per heavy atom. The maximum absolute atomic E-state index is 9.12. The summed E-state index contributed by atoms with van der Waals surface area (Å²) in [5, 5.41) is 30.0. The second kappa shape index (κ2) is 21.1. The van der Waals surface area contributed by atoms with Gasteiger partial charge in [0.2, 0.25) is 0 Å². The third-order valence-electron chi connectivity index (χ3n) is 1.43. The summed E-state index contributed by atoms with van der Waals surface area (Å²) >= 11 is 0. The first-order chi connectivity index (χ1) is 8.45. The minimum atomic E-state index is -1.19. The molecule has 18 heavy (non-hydrogen) atoms. The predicted octanol–water partition coefficient (Wildman–Crippen LogP) is -1.41. The fourth-order valence-corrected chi connectivity index (χ4v) is 0.642. The molecule has 110 valence electrons. The van der Waals surface area contributed by atoms with E-state index < -0.39 is 25.2 Å². The molecule has 0 aliphatic carbocycles. The van der Waals surface area contributed by atoms with Crippen LogP contribution in [0, 0.1) is 0 Å². The summed E-state index contributed by atoms with van der Waals surface area (Å²) in [6, 6.07) is 0. The Morgan fingerprint density at radius 2 is 0.944 bits per heavy atom. The van der Waals surface area contributed by atoms with E-state index in [1.54, 1.807) is 0 Å². The second-order valence-corrected chi connectivity index (χ2v) is 3.10. The molecule has 0 aromatic heterocycles. The zero-order valence-electron chi connectivity index (χ0n) is 10.4. The molecule has 0 aliphatic rings. The highest BCUT2D eigenvalue weighted by Gasteiger charge is 1.84. The fourth-order valence-electron chi connectivity index (χ4n) is 0.642. The van der Waals surface area contributed by atoms with Crippen LogP contribution in [0.5, 0.6) is 0 Å². The van der Waals surface area contributed by atoms with Gasteiger partial charge in [-0.1, -0.05) is 12.8 Å². The zero-order chi connectivity index (χ0) is 14.8. The van der Waals surface area contributed by atoms with Crippen LogP contribution < -0.4 is 11.5 Å². The topological polar surface area (TPSA) is 167 Å². The number of aliphatic hydroxyl groups excluding tert-OH is 2. The van der Waals surface area contributed by atoms with Crippen molar-refractivity contribution in [1.29, 1.82) is 0 Å². The van der Waals surface area contributed by atoms with Crippen molar-refractivity contribution >= 4 is 11.9 Å². The Bertz CT molecular complexity index is 169. The van der Waals surface area contributed by atoms with Crippen LogP contribution >= 0.6 is 0 Å². The quantitative estimate of drug-likeness (QED) is 0.306. The van der Waals surface area contributed by atoms with Gasteiger partial charge in [-0.25, -0.2) is 9.59 Å². The first-order valence-corrected chi connectivity index (χ1v) is 5.51. The molecular formula is C10H24N2O6. The number of aliphatic carboxylic acids is 2. The molecule has 0 amide bonds. The highest BCUT2D eigenvalue weighted by atomic mass is 16.4. The molecule has 0 saturated heterocycles. The maximum atomic E-state index is 9.12. The fraction of sp³-hybridized carbons (Fsp3) is 0.800. The van der Waals surface area contributed by atoms with Crippen molar-refractivity contribution in [3.8, 4) is 0 Å². The molecule has 0 fully saturated rings. The number of carboxylic acids is 2. The van der Waals surface area contributed by atoms with E-state index in [9.17, 15) is 0 Å². The van der Waals surface area contributed by atoms with Gasteiger partial charge in [-0.3, -0.25) is 0 Å². The van der Waals surface area contributed by atoms with Gasteiger partial charge in [-0.2, -0.15) is 0 Å². The Morgan fingerprint density at radius 3 is 1.06 bits per heavy atom. The number of hydrogen-bond donors (Lipinski definition) is 6. The lowest BCUT2D eigenvalue weighted by Crippen LogP contribution is -2.00. The van der Waals surface area contributed by atoms with Crippen LogP contribution in [0.1, 0.15) is 25.7 Å². The average Bonchev–Trinajstić information content (AvgIpc) is 2.36. The molecule has 8 N–H and O–H groups in total. The van der Waals surface area contributed by atoms with Gasteiger partial charge >= 0.3 is 11.9 Å². The van der Waals surface area contributed by atoms with E-state index >= 15 is 0 Å². The van der Waals surface area contributed by atoms with Crippen molar-refractivity contribution in [2.24, 2.45) is 11.5 Å². The van der Waals surface area contributed by atoms with E-state index in [4.69, 9.17) is 41.5 Å². The van der Waals surface area contributed by atoms with Crippen LogP contribution in [0.4, 0.5) is 0 Å². The van der Waals surface area contributed by atoms with Gasteiger partial charge in [0.15, 0.2) is 0 Å². The zero-order valence-corrected chi connectivity index (χ0v) is 10.4. The minimum Gasteiger partial charge on any atom is -0.480 e. The molecule has 8 heteroatoms. The van der Waals surface area contributed by atoms with Crippen LogP contribution in [-0.2, 0) is 9.59 Å². The van der Waals surface area contributed by atoms with Crippen LogP contribution in [-0.4, -0.2) is 58.7 Å². The molecule has 0 aromatic carbocycles. The first-order valence-electron chi connectivity index (χ1n) is 5.51. The number of nitrogens with two attached hydrogens (primary N) is 2. The molecule has 0 rings (SSSR count). The van der Waals surface area contributed by atoms with Crippen molar-refractivity contribution in [2.45, 2.75) is 25.7 Å². The number of carboxylic acid groups (broad SMARTS) is 2. The molecule has 0 spiro atoms. The summed E-state index contributed by atoms with van der Waals surface area (Å²) in [7, 11) is 0. The molecule has 0 heterocycles. The van der Waals surface area contributed by atoms with Gasteiger partial charge in [0, 0.05) is 0 Å². The van der Waals surface area contributed by atoms with Gasteiger partial charge in [0.1, 0.15) is 13.2 Å². The van der Waals surface area contributed by atoms with Gasteiger partial charge in [-0.15, -0.1) is 0 Å². The number of hydrogen-bond acceptors (Lipinski definition) is 6. The van der Waals surface area contributed by atoms with Crippen LogP contribution in [0.3, 0.4) is 0 Å². The molecular weight excluding hydrogens is 244 g/mol. The van der Waals surface area contributed by atoms with Crippen molar-refractivity contribution in [3.05, 3.63) is 0 Å². The van der Waals surface area contributed by atoms with Gasteiger partial charge in [0.25, 0.3) is 0 Å². The summed E-state index contributed by atoms with van der Waals surface area (Å²) < 4.78 is 0. The predicted molar refractivity (Wildman–Crippen MR) is 66.0 cm³/mol. The molecule has 0 saturated carbocycles. The van der Waals surface area contributed by atoms with Gasteiger partial charge in [0.05, 0.1) is 0 Å². The average molecular weight is 268 g/mol. The molecule has 0 aromatic rings. The number of unbranched alkanes of at least 4 members (excludes halogenated alkanes) is 3. The Kier molecular flexibility index (Phi) is 25.8. The van der Waals surface area contributed by atoms with Crippen LogP contribution in [0.2, 0.25) is 0 Å². The lowest BCUT2D eigenvalue weighted by Gasteiger charge is -1.94. The van der Waals surface area contributed by atoms with Gasteiger partial charge < -0.3 is 31.9 Å². The van der Waals surface area contributed by atoms with Crippen molar-refractivity contribution in [2.75, 3.05) is 26.3 Å². The molecule has 0 aliphatic heterocycles. The van der Waals surface area contributed by atoms with E-state index in [1.165, 1.54) is 12.8 Å². The van der Waals surface area contributed by atoms with Crippen molar-refractivity contribution in [3.63, 3.8) is 0 Å².